The summed E-state index contributed by atoms with van der Waals surface area (Å²) in [5, 5.41) is 4.46. The van der Waals surface area contributed by atoms with Gasteiger partial charge in [0.1, 0.15) is 4.21 Å². The second-order valence-electron chi connectivity index (χ2n) is 7.40. The molecular formula is C20H27N3O5S3. The smallest absolute Gasteiger partial charge is 0.252 e. The zero-order valence-electron chi connectivity index (χ0n) is 17.3. The third-order valence-electron chi connectivity index (χ3n) is 5.08. The monoisotopic (exact) mass is 485 g/mol. The Hall–Kier alpha value is -1.79. The van der Waals surface area contributed by atoms with Crippen LogP contribution in [0.2, 0.25) is 0 Å². The largest absolute Gasteiger partial charge is 0.326 e. The number of carbonyl (C=O) groups excluding carboxylic acids is 1. The maximum absolute atomic E-state index is 12.8. The molecule has 31 heavy (non-hydrogen) atoms. The van der Waals surface area contributed by atoms with E-state index in [-0.39, 0.29) is 21.6 Å². The van der Waals surface area contributed by atoms with Gasteiger partial charge in [0.05, 0.1) is 10.8 Å². The van der Waals surface area contributed by atoms with Crippen LogP contribution in [0.15, 0.2) is 50.9 Å². The highest BCUT2D eigenvalue weighted by Gasteiger charge is 2.33. The molecule has 1 saturated heterocycles. The molecule has 0 radical (unpaired) electrons. The summed E-state index contributed by atoms with van der Waals surface area (Å²) < 4.78 is 54.5. The van der Waals surface area contributed by atoms with Gasteiger partial charge >= 0.3 is 0 Å². The number of carbonyl (C=O) groups is 1. The fourth-order valence-electron chi connectivity index (χ4n) is 3.36. The van der Waals surface area contributed by atoms with Crippen molar-refractivity contribution in [2.45, 2.75) is 41.7 Å². The van der Waals surface area contributed by atoms with Crippen molar-refractivity contribution < 1.29 is 21.6 Å². The minimum atomic E-state index is -3.66. The number of thiophene rings is 1. The Kier molecular flexibility index (Phi) is 7.87. The SMILES string of the molecule is CCCCNS(=O)(=O)c1cccc(NC(=O)C2CCCN(S(=O)(=O)c3cccs3)C2)c1. The fourth-order valence-corrected chi connectivity index (χ4v) is 7.15. The normalized spacial score (nSPS) is 18.0. The molecule has 1 amide bonds. The highest BCUT2D eigenvalue weighted by atomic mass is 32.2. The third-order valence-corrected chi connectivity index (χ3v) is 9.78. The van der Waals surface area contributed by atoms with Gasteiger partial charge in [0.2, 0.25) is 15.9 Å². The standard InChI is InChI=1S/C20H27N3O5S3/c1-2-3-11-21-30(25,26)18-9-4-8-17(14-18)22-20(24)16-7-5-12-23(15-16)31(27,28)19-10-6-13-29-19/h4,6,8-10,13-14,16,21H,2-3,5,7,11-12,15H2,1H3,(H,22,24). The molecule has 170 valence electrons. The van der Waals surface area contributed by atoms with E-state index in [0.29, 0.717) is 31.6 Å². The molecule has 1 atom stereocenters. The highest BCUT2D eigenvalue weighted by molar-refractivity contribution is 7.91. The molecule has 1 fully saturated rings. The number of amides is 1. The molecule has 2 N–H and O–H groups in total. The van der Waals surface area contributed by atoms with Crippen molar-refractivity contribution in [1.82, 2.24) is 9.03 Å². The van der Waals surface area contributed by atoms with Crippen LogP contribution >= 0.6 is 11.3 Å². The molecule has 1 aromatic carbocycles. The van der Waals surface area contributed by atoms with Crippen LogP contribution < -0.4 is 10.0 Å². The predicted molar refractivity (Wildman–Crippen MR) is 121 cm³/mol. The van der Waals surface area contributed by atoms with Crippen molar-refractivity contribution in [3.05, 3.63) is 41.8 Å². The molecule has 8 nitrogen and oxygen atoms in total. The number of anilines is 1. The minimum Gasteiger partial charge on any atom is -0.326 e. The molecule has 1 aliphatic heterocycles. The summed E-state index contributed by atoms with van der Waals surface area (Å²) in [6.07, 6.45) is 2.76. The fraction of sp³-hybridized carbons (Fsp3) is 0.450. The quantitative estimate of drug-likeness (QED) is 0.531. The van der Waals surface area contributed by atoms with E-state index in [0.717, 1.165) is 24.2 Å². The van der Waals surface area contributed by atoms with Crippen LogP contribution in [0.5, 0.6) is 0 Å². The number of hydrogen-bond donors (Lipinski definition) is 2. The Morgan fingerprint density at radius 2 is 2.00 bits per heavy atom. The maximum atomic E-state index is 12.8. The molecule has 1 aromatic heterocycles. The van der Waals surface area contributed by atoms with Gasteiger partial charge < -0.3 is 5.32 Å². The lowest BCUT2D eigenvalue weighted by Crippen LogP contribution is -2.43. The molecule has 0 bridgehead atoms. The van der Waals surface area contributed by atoms with Crippen molar-refractivity contribution in [3.8, 4) is 0 Å². The third kappa shape index (κ3) is 5.92. The first-order valence-electron chi connectivity index (χ1n) is 10.2. The first-order chi connectivity index (χ1) is 14.7. The van der Waals surface area contributed by atoms with E-state index in [1.54, 1.807) is 29.6 Å². The molecule has 3 rings (SSSR count). The number of rotatable bonds is 9. The van der Waals surface area contributed by atoms with Gasteiger partial charge in [-0.25, -0.2) is 21.6 Å². The highest BCUT2D eigenvalue weighted by Crippen LogP contribution is 2.27. The van der Waals surface area contributed by atoms with Gasteiger partial charge in [0.15, 0.2) is 0 Å². The Labute approximate surface area is 187 Å². The Bertz CT molecular complexity index is 1100. The molecule has 0 aliphatic carbocycles. The summed E-state index contributed by atoms with van der Waals surface area (Å²) in [5.74, 6) is -0.828. The minimum absolute atomic E-state index is 0.0759. The number of piperidine rings is 1. The van der Waals surface area contributed by atoms with Gasteiger partial charge in [0, 0.05) is 25.3 Å². The molecule has 0 saturated carbocycles. The molecule has 2 heterocycles. The Balaban J connectivity index is 1.67. The first-order valence-corrected chi connectivity index (χ1v) is 14.0. The number of unbranched alkanes of at least 4 members (excludes halogenated alkanes) is 1. The van der Waals surface area contributed by atoms with Crippen molar-refractivity contribution in [1.29, 1.82) is 0 Å². The average Bonchev–Trinajstić information content (AvgIpc) is 3.30. The van der Waals surface area contributed by atoms with E-state index >= 15 is 0 Å². The summed E-state index contributed by atoms with van der Waals surface area (Å²) in [6.45, 7) is 2.80. The summed E-state index contributed by atoms with van der Waals surface area (Å²) >= 11 is 1.15. The molecule has 1 aliphatic rings. The van der Waals surface area contributed by atoms with Crippen molar-refractivity contribution in [2.75, 3.05) is 25.0 Å². The van der Waals surface area contributed by atoms with Gasteiger partial charge in [-0.3, -0.25) is 4.79 Å². The number of nitrogens with one attached hydrogen (secondary N) is 2. The summed E-state index contributed by atoms with van der Waals surface area (Å²) in [4.78, 5) is 12.9. The Morgan fingerprint density at radius 1 is 1.19 bits per heavy atom. The van der Waals surface area contributed by atoms with Crippen molar-refractivity contribution in [3.63, 3.8) is 0 Å². The van der Waals surface area contributed by atoms with E-state index in [1.807, 2.05) is 6.92 Å². The summed E-state index contributed by atoms with van der Waals surface area (Å²) in [7, 11) is -7.27. The number of sulfonamides is 2. The van der Waals surface area contributed by atoms with Crippen LogP contribution in [0.4, 0.5) is 5.69 Å². The van der Waals surface area contributed by atoms with Crippen molar-refractivity contribution in [2.24, 2.45) is 5.92 Å². The lowest BCUT2D eigenvalue weighted by Gasteiger charge is -2.30. The zero-order valence-corrected chi connectivity index (χ0v) is 19.7. The topological polar surface area (TPSA) is 113 Å². The van der Waals surface area contributed by atoms with E-state index < -0.39 is 26.0 Å². The van der Waals surface area contributed by atoms with Gasteiger partial charge in [-0.1, -0.05) is 25.5 Å². The van der Waals surface area contributed by atoms with E-state index in [4.69, 9.17) is 0 Å². The van der Waals surface area contributed by atoms with Crippen LogP contribution in [0.3, 0.4) is 0 Å². The van der Waals surface area contributed by atoms with Gasteiger partial charge in [-0.2, -0.15) is 4.31 Å². The van der Waals surface area contributed by atoms with Crippen LogP contribution in [0.25, 0.3) is 0 Å². The van der Waals surface area contributed by atoms with E-state index in [1.165, 1.54) is 16.4 Å². The molecule has 0 spiro atoms. The van der Waals surface area contributed by atoms with E-state index in [9.17, 15) is 21.6 Å². The lowest BCUT2D eigenvalue weighted by atomic mass is 9.99. The second-order valence-corrected chi connectivity index (χ2v) is 12.3. The second kappa shape index (κ2) is 10.2. The molecule has 11 heteroatoms. The average molecular weight is 486 g/mol. The van der Waals surface area contributed by atoms with Crippen LogP contribution in [0, 0.1) is 5.92 Å². The van der Waals surface area contributed by atoms with Crippen LogP contribution in [0.1, 0.15) is 32.6 Å². The number of hydrogen-bond acceptors (Lipinski definition) is 6. The summed E-state index contributed by atoms with van der Waals surface area (Å²) in [6, 6.07) is 9.31. The van der Waals surface area contributed by atoms with E-state index in [2.05, 4.69) is 10.0 Å². The Morgan fingerprint density at radius 3 is 2.71 bits per heavy atom. The molecule has 2 aromatic rings. The maximum Gasteiger partial charge on any atom is 0.252 e. The zero-order chi connectivity index (χ0) is 22.5. The number of nitrogens with zero attached hydrogens (tertiary/aromatic N) is 1. The summed E-state index contributed by atoms with van der Waals surface area (Å²) in [5.41, 5.74) is 0.363. The molecular weight excluding hydrogens is 458 g/mol. The van der Waals surface area contributed by atoms with Crippen LogP contribution in [-0.4, -0.2) is 46.7 Å². The van der Waals surface area contributed by atoms with Crippen molar-refractivity contribution >= 4 is 43.0 Å². The lowest BCUT2D eigenvalue weighted by molar-refractivity contribution is -0.120. The van der Waals surface area contributed by atoms with Gasteiger partial charge in [0.25, 0.3) is 10.0 Å². The van der Waals surface area contributed by atoms with Crippen LogP contribution in [-0.2, 0) is 24.8 Å². The number of benzene rings is 1. The predicted octanol–water partition coefficient (Wildman–Crippen LogP) is 2.87. The molecule has 1 unspecified atom stereocenters. The van der Waals surface area contributed by atoms with Gasteiger partial charge in [-0.15, -0.1) is 11.3 Å². The first kappa shape index (κ1) is 23.9. The van der Waals surface area contributed by atoms with Gasteiger partial charge in [-0.05, 0) is 48.9 Å².